The highest BCUT2D eigenvalue weighted by molar-refractivity contribution is 6.30. The molecule has 1 atom stereocenters. The Morgan fingerprint density at radius 1 is 1.14 bits per heavy atom. The maximum absolute atomic E-state index is 12.1. The van der Waals surface area contributed by atoms with Gasteiger partial charge < -0.3 is 11.1 Å². The van der Waals surface area contributed by atoms with E-state index in [9.17, 15) is 4.79 Å². The first-order valence-electron chi connectivity index (χ1n) is 6.97. The van der Waals surface area contributed by atoms with E-state index in [0.717, 1.165) is 17.5 Å². The maximum atomic E-state index is 12.1. The number of hydrogen-bond donors (Lipinski definition) is 2. The van der Waals surface area contributed by atoms with Gasteiger partial charge in [0.2, 0.25) is 5.91 Å². The van der Waals surface area contributed by atoms with E-state index < -0.39 is 0 Å². The lowest BCUT2D eigenvalue weighted by molar-refractivity contribution is -0.121. The lowest BCUT2D eigenvalue weighted by atomic mass is 10.0. The van der Waals surface area contributed by atoms with Crippen molar-refractivity contribution in [1.29, 1.82) is 0 Å². The van der Waals surface area contributed by atoms with Crippen LogP contribution in [0.25, 0.3) is 0 Å². The number of hydrogen-bond acceptors (Lipinski definition) is 2. The Morgan fingerprint density at radius 2 is 1.76 bits per heavy atom. The van der Waals surface area contributed by atoms with E-state index in [1.807, 2.05) is 43.3 Å². The van der Waals surface area contributed by atoms with Crippen LogP contribution in [0.4, 0.5) is 5.69 Å². The fraction of sp³-hybridized carbons (Fsp3) is 0.235. The summed E-state index contributed by atoms with van der Waals surface area (Å²) in [6.45, 7) is 2.04. The molecule has 110 valence electrons. The maximum Gasteiger partial charge on any atom is 0.224 e. The van der Waals surface area contributed by atoms with Crippen molar-refractivity contribution < 1.29 is 4.79 Å². The van der Waals surface area contributed by atoms with Crippen LogP contribution in [0.1, 0.15) is 30.5 Å². The van der Waals surface area contributed by atoms with Gasteiger partial charge >= 0.3 is 0 Å². The van der Waals surface area contributed by atoms with Gasteiger partial charge in [-0.3, -0.25) is 4.79 Å². The van der Waals surface area contributed by atoms with Crippen molar-refractivity contribution in [3.8, 4) is 0 Å². The van der Waals surface area contributed by atoms with Crippen LogP contribution in [-0.2, 0) is 11.2 Å². The molecule has 2 aromatic carbocycles. The minimum absolute atomic E-state index is 0.00146. The minimum Gasteiger partial charge on any atom is -0.399 e. The number of nitrogens with two attached hydrogens (primary N) is 1. The van der Waals surface area contributed by atoms with Crippen LogP contribution in [0.5, 0.6) is 0 Å². The molecule has 2 rings (SSSR count). The second kappa shape index (κ2) is 7.14. The molecule has 2 aromatic rings. The molecule has 0 aliphatic carbocycles. The number of benzene rings is 2. The SMILES string of the molecule is CCC(NC(=O)Cc1ccc(N)cc1)c1ccc(Cl)cc1. The summed E-state index contributed by atoms with van der Waals surface area (Å²) in [5.41, 5.74) is 8.35. The Bertz CT molecular complexity index is 593. The number of carbonyl (C=O) groups excluding carboxylic acids is 1. The fourth-order valence-electron chi connectivity index (χ4n) is 2.18. The topological polar surface area (TPSA) is 55.1 Å². The largest absolute Gasteiger partial charge is 0.399 e. The Balaban J connectivity index is 1.99. The summed E-state index contributed by atoms with van der Waals surface area (Å²) in [6.07, 6.45) is 1.18. The van der Waals surface area contributed by atoms with E-state index in [4.69, 9.17) is 17.3 Å². The Kier molecular flexibility index (Phi) is 5.23. The van der Waals surface area contributed by atoms with Crippen LogP contribution in [0, 0.1) is 0 Å². The summed E-state index contributed by atoms with van der Waals surface area (Å²) in [7, 11) is 0. The van der Waals surface area contributed by atoms with E-state index in [1.54, 1.807) is 12.1 Å². The molecule has 1 amide bonds. The Morgan fingerprint density at radius 3 is 2.33 bits per heavy atom. The molecule has 0 heterocycles. The molecule has 0 aliphatic rings. The van der Waals surface area contributed by atoms with Crippen molar-refractivity contribution in [1.82, 2.24) is 5.32 Å². The third-order valence-corrected chi connectivity index (χ3v) is 3.61. The standard InChI is InChI=1S/C17H19ClN2O/c1-2-16(13-5-7-14(18)8-6-13)20-17(21)11-12-3-9-15(19)10-4-12/h3-10,16H,2,11,19H2,1H3,(H,20,21). The number of carbonyl (C=O) groups is 1. The third kappa shape index (κ3) is 4.50. The summed E-state index contributed by atoms with van der Waals surface area (Å²) < 4.78 is 0. The molecule has 0 saturated heterocycles. The zero-order valence-corrected chi connectivity index (χ0v) is 12.7. The number of nitrogens with one attached hydrogen (secondary N) is 1. The Labute approximate surface area is 130 Å². The van der Waals surface area contributed by atoms with Crippen molar-refractivity contribution in [3.63, 3.8) is 0 Å². The van der Waals surface area contributed by atoms with Gasteiger partial charge in [-0.25, -0.2) is 0 Å². The third-order valence-electron chi connectivity index (χ3n) is 3.36. The highest BCUT2D eigenvalue weighted by atomic mass is 35.5. The van der Waals surface area contributed by atoms with Crippen LogP contribution < -0.4 is 11.1 Å². The molecule has 0 aliphatic heterocycles. The lowest BCUT2D eigenvalue weighted by Crippen LogP contribution is -2.29. The molecular formula is C17H19ClN2O. The van der Waals surface area contributed by atoms with Crippen LogP contribution in [0.2, 0.25) is 5.02 Å². The van der Waals surface area contributed by atoms with Gasteiger partial charge in [0.05, 0.1) is 12.5 Å². The van der Waals surface area contributed by atoms with Crippen molar-refractivity contribution >= 4 is 23.2 Å². The second-order valence-electron chi connectivity index (χ2n) is 5.00. The minimum atomic E-state index is 0.00146. The molecule has 4 heteroatoms. The number of nitrogen functional groups attached to an aromatic ring is 1. The first kappa shape index (κ1) is 15.4. The molecule has 0 saturated carbocycles. The molecule has 0 radical (unpaired) electrons. The first-order chi connectivity index (χ1) is 10.1. The number of anilines is 1. The van der Waals surface area contributed by atoms with Crippen LogP contribution >= 0.6 is 11.6 Å². The monoisotopic (exact) mass is 302 g/mol. The van der Waals surface area contributed by atoms with Gasteiger partial charge in [0, 0.05) is 10.7 Å². The summed E-state index contributed by atoms with van der Waals surface area (Å²) in [6, 6.07) is 14.9. The molecule has 1 unspecified atom stereocenters. The number of halogens is 1. The number of amides is 1. The predicted octanol–water partition coefficient (Wildman–Crippen LogP) is 3.73. The van der Waals surface area contributed by atoms with Gasteiger partial charge in [0.25, 0.3) is 0 Å². The molecule has 3 N–H and O–H groups in total. The average molecular weight is 303 g/mol. The van der Waals surface area contributed by atoms with E-state index in [2.05, 4.69) is 5.32 Å². The summed E-state index contributed by atoms with van der Waals surface area (Å²) in [4.78, 5) is 12.1. The van der Waals surface area contributed by atoms with E-state index >= 15 is 0 Å². The van der Waals surface area contributed by atoms with Crippen LogP contribution in [0.3, 0.4) is 0 Å². The van der Waals surface area contributed by atoms with Gasteiger partial charge in [0.15, 0.2) is 0 Å². The molecule has 21 heavy (non-hydrogen) atoms. The van der Waals surface area contributed by atoms with Crippen LogP contribution in [0.15, 0.2) is 48.5 Å². The number of rotatable bonds is 5. The van der Waals surface area contributed by atoms with E-state index in [-0.39, 0.29) is 11.9 Å². The molecule has 0 fully saturated rings. The smallest absolute Gasteiger partial charge is 0.224 e. The second-order valence-corrected chi connectivity index (χ2v) is 5.43. The molecule has 0 spiro atoms. The van der Waals surface area contributed by atoms with Crippen molar-refractivity contribution in [2.45, 2.75) is 25.8 Å². The van der Waals surface area contributed by atoms with Gasteiger partial charge in [-0.15, -0.1) is 0 Å². The lowest BCUT2D eigenvalue weighted by Gasteiger charge is -2.17. The summed E-state index contributed by atoms with van der Waals surface area (Å²) >= 11 is 5.89. The zero-order valence-electron chi connectivity index (χ0n) is 12.0. The Hall–Kier alpha value is -2.00. The first-order valence-corrected chi connectivity index (χ1v) is 7.35. The normalized spacial score (nSPS) is 11.9. The van der Waals surface area contributed by atoms with E-state index in [1.165, 1.54) is 0 Å². The van der Waals surface area contributed by atoms with Gasteiger partial charge in [-0.2, -0.15) is 0 Å². The van der Waals surface area contributed by atoms with Crippen molar-refractivity contribution in [2.75, 3.05) is 5.73 Å². The highest BCUT2D eigenvalue weighted by Crippen LogP contribution is 2.19. The summed E-state index contributed by atoms with van der Waals surface area (Å²) in [5.74, 6) is 0.00146. The van der Waals surface area contributed by atoms with E-state index in [0.29, 0.717) is 17.1 Å². The highest BCUT2D eigenvalue weighted by Gasteiger charge is 2.13. The van der Waals surface area contributed by atoms with Gasteiger partial charge in [-0.1, -0.05) is 42.8 Å². The van der Waals surface area contributed by atoms with Crippen LogP contribution in [-0.4, -0.2) is 5.91 Å². The summed E-state index contributed by atoms with van der Waals surface area (Å²) in [5, 5.41) is 3.75. The van der Waals surface area contributed by atoms with Gasteiger partial charge in [-0.05, 0) is 41.8 Å². The predicted molar refractivity (Wildman–Crippen MR) is 87.2 cm³/mol. The molecule has 3 nitrogen and oxygen atoms in total. The van der Waals surface area contributed by atoms with Crippen molar-refractivity contribution in [3.05, 3.63) is 64.7 Å². The van der Waals surface area contributed by atoms with Crippen molar-refractivity contribution in [2.24, 2.45) is 0 Å². The quantitative estimate of drug-likeness (QED) is 0.827. The molecular weight excluding hydrogens is 284 g/mol. The van der Waals surface area contributed by atoms with Gasteiger partial charge in [0.1, 0.15) is 0 Å². The zero-order chi connectivity index (χ0) is 15.2. The fourth-order valence-corrected chi connectivity index (χ4v) is 2.31. The average Bonchev–Trinajstić information content (AvgIpc) is 2.48. The molecule has 0 bridgehead atoms. The molecule has 0 aromatic heterocycles.